The smallest absolute Gasteiger partial charge is 0.305 e. The summed E-state index contributed by atoms with van der Waals surface area (Å²) in [6.07, 6.45) is -0.343. The minimum atomic E-state index is -1.09. The lowest BCUT2D eigenvalue weighted by Gasteiger charge is -2.19. The molecule has 0 aliphatic rings. The van der Waals surface area contributed by atoms with E-state index in [2.05, 4.69) is 5.32 Å². The van der Waals surface area contributed by atoms with Crippen LogP contribution in [0, 0.1) is 0 Å². The Balaban J connectivity index is 2.26. The van der Waals surface area contributed by atoms with E-state index in [4.69, 9.17) is 26.8 Å². The summed E-state index contributed by atoms with van der Waals surface area (Å²) >= 11 is 5.82. The zero-order valence-corrected chi connectivity index (χ0v) is 15.7. The quantitative estimate of drug-likeness (QED) is 0.585. The fourth-order valence-corrected chi connectivity index (χ4v) is 2.56. The lowest BCUT2D eigenvalue weighted by atomic mass is 10.0. The van der Waals surface area contributed by atoms with Gasteiger partial charge in [0.2, 0.25) is 0 Å². The predicted octanol–water partition coefficient (Wildman–Crippen LogP) is 2.16. The topological polar surface area (TPSA) is 128 Å². The number of amides is 2. The van der Waals surface area contributed by atoms with Crippen molar-refractivity contribution in [1.82, 2.24) is 5.32 Å². The van der Waals surface area contributed by atoms with E-state index in [-0.39, 0.29) is 24.5 Å². The van der Waals surface area contributed by atoms with Gasteiger partial charge in [0.05, 0.1) is 19.6 Å². The van der Waals surface area contributed by atoms with E-state index < -0.39 is 23.8 Å². The Bertz CT molecular complexity index is 869. The van der Waals surface area contributed by atoms with Crippen LogP contribution in [0.2, 0.25) is 5.02 Å². The molecule has 0 radical (unpaired) electrons. The minimum absolute atomic E-state index is 0.267. The predicted molar refractivity (Wildman–Crippen MR) is 102 cm³/mol. The van der Waals surface area contributed by atoms with Gasteiger partial charge in [0.15, 0.2) is 18.1 Å². The van der Waals surface area contributed by atoms with Crippen LogP contribution in [-0.2, 0) is 9.59 Å². The number of aliphatic carboxylic acids is 1. The highest BCUT2D eigenvalue weighted by molar-refractivity contribution is 6.30. The maximum atomic E-state index is 12.5. The first kappa shape index (κ1) is 21.0. The third-order valence-corrected chi connectivity index (χ3v) is 4.00. The Morgan fingerprint density at radius 2 is 1.82 bits per heavy atom. The molecule has 148 valence electrons. The number of carbonyl (C=O) groups is 3. The largest absolute Gasteiger partial charge is 0.493 e. The molecule has 2 aromatic carbocycles. The van der Waals surface area contributed by atoms with Crippen LogP contribution in [0.25, 0.3) is 0 Å². The van der Waals surface area contributed by atoms with Crippen molar-refractivity contribution in [1.29, 1.82) is 0 Å². The number of carboxylic acids is 1. The third kappa shape index (κ3) is 5.88. The molecule has 0 aliphatic carbocycles. The molecule has 4 N–H and O–H groups in total. The molecular weight excluding hydrogens is 388 g/mol. The van der Waals surface area contributed by atoms with Crippen molar-refractivity contribution in [2.24, 2.45) is 5.73 Å². The Kier molecular flexibility index (Phi) is 7.22. The number of primary amides is 1. The van der Waals surface area contributed by atoms with Gasteiger partial charge < -0.3 is 25.6 Å². The van der Waals surface area contributed by atoms with Crippen LogP contribution in [-0.4, -0.2) is 36.6 Å². The van der Waals surface area contributed by atoms with Crippen LogP contribution >= 0.6 is 11.6 Å². The summed E-state index contributed by atoms with van der Waals surface area (Å²) in [5, 5.41) is 12.4. The number of ether oxygens (including phenoxy) is 2. The van der Waals surface area contributed by atoms with Crippen molar-refractivity contribution in [2.45, 2.75) is 12.5 Å². The van der Waals surface area contributed by atoms with Crippen molar-refractivity contribution in [2.75, 3.05) is 13.7 Å². The maximum absolute atomic E-state index is 12.5. The highest BCUT2D eigenvalue weighted by atomic mass is 35.5. The standard InChI is InChI=1S/C19H19ClN2O6/c1-27-16-8-12(4-7-15(16)28-10-17(21)23)14(9-18(24)25)22-19(26)11-2-5-13(20)6-3-11/h2-8,14H,9-10H2,1H3,(H2,21,23)(H,22,26)(H,24,25)/t14-/m1/s1. The van der Waals surface area contributed by atoms with E-state index in [1.54, 1.807) is 18.2 Å². The van der Waals surface area contributed by atoms with Gasteiger partial charge in [0.1, 0.15) is 0 Å². The number of carbonyl (C=O) groups excluding carboxylic acids is 2. The Morgan fingerprint density at radius 1 is 1.14 bits per heavy atom. The molecule has 0 bridgehead atoms. The fraction of sp³-hybridized carbons (Fsp3) is 0.211. The van der Waals surface area contributed by atoms with Crippen LogP contribution in [0.1, 0.15) is 28.4 Å². The van der Waals surface area contributed by atoms with Gasteiger partial charge in [-0.15, -0.1) is 0 Å². The molecule has 28 heavy (non-hydrogen) atoms. The molecule has 2 aromatic rings. The normalized spacial score (nSPS) is 11.4. The first-order chi connectivity index (χ1) is 13.3. The van der Waals surface area contributed by atoms with Crippen molar-refractivity contribution in [3.63, 3.8) is 0 Å². The Labute approximate surface area is 166 Å². The molecule has 1 atom stereocenters. The molecule has 0 spiro atoms. The van der Waals surface area contributed by atoms with E-state index in [9.17, 15) is 19.5 Å². The number of halogens is 1. The lowest BCUT2D eigenvalue weighted by molar-refractivity contribution is -0.137. The first-order valence-electron chi connectivity index (χ1n) is 8.17. The Morgan fingerprint density at radius 3 is 2.39 bits per heavy atom. The van der Waals surface area contributed by atoms with Gasteiger partial charge in [-0.3, -0.25) is 14.4 Å². The van der Waals surface area contributed by atoms with Gasteiger partial charge in [-0.05, 0) is 42.0 Å². The van der Waals surface area contributed by atoms with E-state index in [1.807, 2.05) is 0 Å². The highest BCUT2D eigenvalue weighted by Crippen LogP contribution is 2.31. The number of carboxylic acid groups (broad SMARTS) is 1. The zero-order chi connectivity index (χ0) is 20.7. The van der Waals surface area contributed by atoms with Crippen LogP contribution < -0.4 is 20.5 Å². The van der Waals surface area contributed by atoms with Gasteiger partial charge >= 0.3 is 5.97 Å². The molecule has 0 unspecified atom stereocenters. The fourth-order valence-electron chi connectivity index (χ4n) is 2.44. The second-order valence-electron chi connectivity index (χ2n) is 5.80. The number of hydrogen-bond donors (Lipinski definition) is 3. The average molecular weight is 407 g/mol. The number of methoxy groups -OCH3 is 1. The van der Waals surface area contributed by atoms with Crippen molar-refractivity contribution >= 4 is 29.4 Å². The van der Waals surface area contributed by atoms with Gasteiger partial charge in [0.25, 0.3) is 11.8 Å². The van der Waals surface area contributed by atoms with Gasteiger partial charge in [0, 0.05) is 10.6 Å². The van der Waals surface area contributed by atoms with E-state index >= 15 is 0 Å². The second-order valence-corrected chi connectivity index (χ2v) is 6.23. The van der Waals surface area contributed by atoms with E-state index in [0.29, 0.717) is 16.1 Å². The number of hydrogen-bond acceptors (Lipinski definition) is 5. The Hall–Kier alpha value is -3.26. The first-order valence-corrected chi connectivity index (χ1v) is 8.55. The van der Waals surface area contributed by atoms with Crippen LogP contribution in [0.4, 0.5) is 0 Å². The van der Waals surface area contributed by atoms with Gasteiger partial charge in [-0.1, -0.05) is 17.7 Å². The summed E-state index contributed by atoms with van der Waals surface area (Å²) < 4.78 is 10.5. The summed E-state index contributed by atoms with van der Waals surface area (Å²) in [5.41, 5.74) is 5.89. The molecule has 2 amide bonds. The van der Waals surface area contributed by atoms with Gasteiger partial charge in [-0.2, -0.15) is 0 Å². The SMILES string of the molecule is COc1cc([C@@H](CC(=O)O)NC(=O)c2ccc(Cl)cc2)ccc1OCC(N)=O. The summed E-state index contributed by atoms with van der Waals surface area (Å²) in [4.78, 5) is 34.6. The van der Waals surface area contributed by atoms with Crippen molar-refractivity contribution in [3.8, 4) is 11.5 Å². The molecule has 2 rings (SSSR count). The summed E-state index contributed by atoms with van der Waals surface area (Å²) in [6.45, 7) is -0.332. The molecule has 0 fully saturated rings. The molecule has 0 aromatic heterocycles. The van der Waals surface area contributed by atoms with Crippen LogP contribution in [0.3, 0.4) is 0 Å². The second kappa shape index (κ2) is 9.61. The van der Waals surface area contributed by atoms with E-state index in [0.717, 1.165) is 0 Å². The summed E-state index contributed by atoms with van der Waals surface area (Å²) in [7, 11) is 1.40. The minimum Gasteiger partial charge on any atom is -0.493 e. The molecule has 0 heterocycles. The molecule has 8 nitrogen and oxygen atoms in total. The zero-order valence-electron chi connectivity index (χ0n) is 15.0. The van der Waals surface area contributed by atoms with Crippen LogP contribution in [0.5, 0.6) is 11.5 Å². The molecule has 0 aliphatic heterocycles. The highest BCUT2D eigenvalue weighted by Gasteiger charge is 2.21. The number of nitrogens with one attached hydrogen (secondary N) is 1. The lowest BCUT2D eigenvalue weighted by Crippen LogP contribution is -2.30. The van der Waals surface area contributed by atoms with Crippen LogP contribution in [0.15, 0.2) is 42.5 Å². The third-order valence-electron chi connectivity index (χ3n) is 3.75. The molecular formula is C19H19ClN2O6. The molecule has 0 saturated heterocycles. The van der Waals surface area contributed by atoms with E-state index in [1.165, 1.54) is 31.4 Å². The maximum Gasteiger partial charge on any atom is 0.305 e. The molecule has 0 saturated carbocycles. The summed E-state index contributed by atoms with van der Waals surface area (Å²) in [5.74, 6) is -1.64. The number of benzene rings is 2. The van der Waals surface area contributed by atoms with Crippen molar-refractivity contribution in [3.05, 3.63) is 58.6 Å². The van der Waals surface area contributed by atoms with Crippen molar-refractivity contribution < 1.29 is 29.0 Å². The van der Waals surface area contributed by atoms with Gasteiger partial charge in [-0.25, -0.2) is 0 Å². The average Bonchev–Trinajstić information content (AvgIpc) is 2.65. The molecule has 9 heteroatoms. The monoisotopic (exact) mass is 406 g/mol. The summed E-state index contributed by atoms with van der Waals surface area (Å²) in [6, 6.07) is 10.0. The number of nitrogens with two attached hydrogens (primary N) is 1. The number of rotatable bonds is 9.